The molecule has 6 nitrogen and oxygen atoms in total. The molecular formula is C28H42N2O4S. The molecular weight excluding hydrogens is 460 g/mol. The van der Waals surface area contributed by atoms with Gasteiger partial charge in [0.25, 0.3) is 0 Å². The Morgan fingerprint density at radius 1 is 1.11 bits per heavy atom. The van der Waals surface area contributed by atoms with E-state index in [1.165, 1.54) is 48.5 Å². The van der Waals surface area contributed by atoms with Crippen molar-refractivity contribution >= 4 is 17.3 Å². The van der Waals surface area contributed by atoms with Crippen molar-refractivity contribution < 1.29 is 19.4 Å². The summed E-state index contributed by atoms with van der Waals surface area (Å²) in [7, 11) is 0. The molecule has 0 aliphatic carbocycles. The van der Waals surface area contributed by atoms with Crippen LogP contribution in [0.4, 0.5) is 0 Å². The van der Waals surface area contributed by atoms with Crippen LogP contribution in [0.1, 0.15) is 62.6 Å². The predicted octanol–water partition coefficient (Wildman–Crippen LogP) is 5.66. The summed E-state index contributed by atoms with van der Waals surface area (Å²) >= 11 is 1.90. The van der Waals surface area contributed by atoms with Gasteiger partial charge in [-0.15, -0.1) is 11.3 Å². The second-order valence-corrected chi connectivity index (χ2v) is 10.8. The smallest absolute Gasteiger partial charge is 0.351 e. The molecule has 1 fully saturated rings. The fourth-order valence-corrected chi connectivity index (χ4v) is 5.58. The normalized spacial score (nSPS) is 20.5. The number of benzene rings is 1. The number of hydrogen-bond donors (Lipinski definition) is 1. The summed E-state index contributed by atoms with van der Waals surface area (Å²) in [6, 6.07) is 14.1. The van der Waals surface area contributed by atoms with E-state index in [4.69, 9.17) is 9.47 Å². The summed E-state index contributed by atoms with van der Waals surface area (Å²) in [5.41, 5.74) is -1.32. The third kappa shape index (κ3) is 8.31. The van der Waals surface area contributed by atoms with Gasteiger partial charge in [0.05, 0.1) is 0 Å². The summed E-state index contributed by atoms with van der Waals surface area (Å²) in [6.07, 6.45) is 6.53. The first-order chi connectivity index (χ1) is 16.9. The summed E-state index contributed by atoms with van der Waals surface area (Å²) in [5, 5.41) is 9.86. The summed E-state index contributed by atoms with van der Waals surface area (Å²) in [4.78, 5) is 19.3. The van der Waals surface area contributed by atoms with Crippen LogP contribution in [0.25, 0.3) is 0 Å². The number of nitrogens with zero attached hydrogens (tertiary/aromatic N) is 2. The molecule has 0 bridgehead atoms. The molecule has 0 amide bonds. The standard InChI is InChI=1S/C28H42N2O4S/c1-4-6-17-29(18-7-5-2)21-26-16-15-25(35-26)14-11-19-30-20-24(34-28(30,3)27(31)32)22-33-23-12-9-8-10-13-23/h8-10,12-13,15-16,24H,4-7,11,14,17-22H2,1-3H3,(H,31,32). The third-order valence-electron chi connectivity index (χ3n) is 6.60. The number of thiophene rings is 1. The third-order valence-corrected chi connectivity index (χ3v) is 7.73. The second-order valence-electron chi connectivity index (χ2n) is 9.55. The van der Waals surface area contributed by atoms with E-state index in [1.807, 2.05) is 46.6 Å². The Balaban J connectivity index is 1.49. The lowest BCUT2D eigenvalue weighted by molar-refractivity contribution is -0.177. The van der Waals surface area contributed by atoms with Crippen LogP contribution in [0.15, 0.2) is 42.5 Å². The van der Waals surface area contributed by atoms with Gasteiger partial charge in [-0.3, -0.25) is 9.80 Å². The molecule has 0 radical (unpaired) electrons. The minimum atomic E-state index is -1.32. The van der Waals surface area contributed by atoms with Crippen LogP contribution in [0.5, 0.6) is 5.75 Å². The van der Waals surface area contributed by atoms with Gasteiger partial charge in [0.15, 0.2) is 0 Å². The molecule has 1 aromatic heterocycles. The molecule has 3 rings (SSSR count). The van der Waals surface area contributed by atoms with Crippen molar-refractivity contribution in [2.24, 2.45) is 0 Å². The molecule has 1 aliphatic heterocycles. The highest BCUT2D eigenvalue weighted by Gasteiger charge is 2.49. The molecule has 2 unspecified atom stereocenters. The molecule has 1 aromatic carbocycles. The number of carboxylic acids is 1. The van der Waals surface area contributed by atoms with Gasteiger partial charge in [-0.05, 0) is 70.0 Å². The van der Waals surface area contributed by atoms with Crippen LogP contribution in [-0.4, -0.2) is 65.5 Å². The number of aryl methyl sites for hydroxylation is 1. The van der Waals surface area contributed by atoms with Gasteiger partial charge in [-0.1, -0.05) is 44.9 Å². The summed E-state index contributed by atoms with van der Waals surface area (Å²) < 4.78 is 11.8. The molecule has 2 atom stereocenters. The van der Waals surface area contributed by atoms with Crippen molar-refractivity contribution in [1.29, 1.82) is 0 Å². The number of hydrogen-bond acceptors (Lipinski definition) is 6. The average Bonchev–Trinajstić information content (AvgIpc) is 3.44. The molecule has 2 aromatic rings. The van der Waals surface area contributed by atoms with Gasteiger partial charge in [-0.25, -0.2) is 4.79 Å². The Labute approximate surface area is 214 Å². The van der Waals surface area contributed by atoms with Crippen LogP contribution in [0.3, 0.4) is 0 Å². The first-order valence-corrected chi connectivity index (χ1v) is 13.9. The number of para-hydroxylation sites is 1. The highest BCUT2D eigenvalue weighted by Crippen LogP contribution is 2.29. The lowest BCUT2D eigenvalue weighted by atomic mass is 10.2. The van der Waals surface area contributed by atoms with Crippen LogP contribution >= 0.6 is 11.3 Å². The van der Waals surface area contributed by atoms with Crippen LogP contribution in [0.2, 0.25) is 0 Å². The van der Waals surface area contributed by atoms with Crippen LogP contribution < -0.4 is 4.74 Å². The van der Waals surface area contributed by atoms with E-state index in [0.717, 1.165) is 25.1 Å². The monoisotopic (exact) mass is 502 g/mol. The SMILES string of the molecule is CCCCN(CCCC)Cc1ccc(CCCN2CC(COc3ccccc3)OC2(C)C(=O)O)s1. The number of unbranched alkanes of at least 4 members (excludes halogenated alkanes) is 2. The van der Waals surface area contributed by atoms with Gasteiger partial charge in [-0.2, -0.15) is 0 Å². The Morgan fingerprint density at radius 3 is 2.46 bits per heavy atom. The summed E-state index contributed by atoms with van der Waals surface area (Å²) in [6.45, 7) is 11.1. The van der Waals surface area contributed by atoms with Crippen LogP contribution in [-0.2, 0) is 22.5 Å². The van der Waals surface area contributed by atoms with Gasteiger partial charge >= 0.3 is 5.97 Å². The quantitative estimate of drug-likeness (QED) is 0.319. The number of rotatable bonds is 16. The van der Waals surface area contributed by atoms with E-state index in [1.54, 1.807) is 6.92 Å². The largest absolute Gasteiger partial charge is 0.491 e. The molecule has 194 valence electrons. The molecule has 2 heterocycles. The van der Waals surface area contributed by atoms with Gasteiger partial charge in [0.2, 0.25) is 5.72 Å². The predicted molar refractivity (Wildman–Crippen MR) is 142 cm³/mol. The van der Waals surface area contributed by atoms with Gasteiger partial charge < -0.3 is 14.6 Å². The highest BCUT2D eigenvalue weighted by molar-refractivity contribution is 7.11. The van der Waals surface area contributed by atoms with Crippen molar-refractivity contribution in [2.75, 3.05) is 32.8 Å². The molecule has 0 saturated carbocycles. The number of aliphatic carboxylic acids is 1. The maximum absolute atomic E-state index is 12.0. The van der Waals surface area contributed by atoms with E-state index in [9.17, 15) is 9.90 Å². The number of carboxylic acid groups (broad SMARTS) is 1. The molecule has 1 aliphatic rings. The topological polar surface area (TPSA) is 62.2 Å². The second kappa shape index (κ2) is 14.0. The van der Waals surface area contributed by atoms with E-state index in [-0.39, 0.29) is 6.10 Å². The van der Waals surface area contributed by atoms with Crippen molar-refractivity contribution in [1.82, 2.24) is 9.80 Å². The zero-order valence-electron chi connectivity index (χ0n) is 21.6. The Bertz CT molecular complexity index is 882. The van der Waals surface area contributed by atoms with Crippen molar-refractivity contribution in [2.45, 2.75) is 77.7 Å². The van der Waals surface area contributed by atoms with Crippen LogP contribution in [0, 0.1) is 0 Å². The molecule has 7 heteroatoms. The lowest BCUT2D eigenvalue weighted by Gasteiger charge is -2.29. The average molecular weight is 503 g/mol. The molecule has 35 heavy (non-hydrogen) atoms. The maximum atomic E-state index is 12.0. The number of carbonyl (C=O) groups is 1. The first-order valence-electron chi connectivity index (χ1n) is 13.1. The fraction of sp³-hybridized carbons (Fsp3) is 0.607. The maximum Gasteiger partial charge on any atom is 0.351 e. The van der Waals surface area contributed by atoms with E-state index < -0.39 is 11.7 Å². The van der Waals surface area contributed by atoms with Crippen molar-refractivity contribution in [3.63, 3.8) is 0 Å². The summed E-state index contributed by atoms with van der Waals surface area (Å²) in [5.74, 6) is -0.180. The Kier molecular flexibility index (Phi) is 11.0. The highest BCUT2D eigenvalue weighted by atomic mass is 32.1. The van der Waals surface area contributed by atoms with E-state index in [2.05, 4.69) is 30.9 Å². The Morgan fingerprint density at radius 2 is 1.80 bits per heavy atom. The molecule has 1 N–H and O–H groups in total. The fourth-order valence-electron chi connectivity index (χ4n) is 4.48. The van der Waals surface area contributed by atoms with Crippen molar-refractivity contribution in [3.05, 3.63) is 52.2 Å². The molecule has 1 saturated heterocycles. The van der Waals surface area contributed by atoms with Gasteiger partial charge in [0, 0.05) is 29.4 Å². The van der Waals surface area contributed by atoms with E-state index >= 15 is 0 Å². The Hall–Kier alpha value is -1.93. The minimum absolute atomic E-state index is 0.276. The van der Waals surface area contributed by atoms with Crippen molar-refractivity contribution in [3.8, 4) is 5.75 Å². The molecule has 0 spiro atoms. The zero-order chi connectivity index (χ0) is 25.1. The number of ether oxygens (including phenoxy) is 2. The van der Waals surface area contributed by atoms with E-state index in [0.29, 0.717) is 19.7 Å². The zero-order valence-corrected chi connectivity index (χ0v) is 22.4. The first kappa shape index (κ1) is 27.7. The minimum Gasteiger partial charge on any atom is -0.491 e. The van der Waals surface area contributed by atoms with Gasteiger partial charge in [0.1, 0.15) is 18.5 Å². The lowest BCUT2D eigenvalue weighted by Crippen LogP contribution is -2.49.